The minimum absolute atomic E-state index is 0.902. The van der Waals surface area contributed by atoms with Crippen LogP contribution < -0.4 is 5.32 Å². The Hall–Kier alpha value is -1.58. The molecular weight excluding hydrogens is 240 g/mol. The van der Waals surface area contributed by atoms with E-state index in [4.69, 9.17) is 0 Å². The van der Waals surface area contributed by atoms with Gasteiger partial charge >= 0.3 is 0 Å². The summed E-state index contributed by atoms with van der Waals surface area (Å²) in [5, 5.41) is 8.92. The first-order valence-corrected chi connectivity index (χ1v) is 7.05. The van der Waals surface area contributed by atoms with Crippen molar-refractivity contribution in [2.24, 2.45) is 0 Å². The maximum atomic E-state index is 3.25. The maximum absolute atomic E-state index is 3.25. The van der Waals surface area contributed by atoms with Crippen LogP contribution in [0.5, 0.6) is 0 Å². The molecule has 0 aliphatic rings. The summed E-state index contributed by atoms with van der Waals surface area (Å²) in [6, 6.07) is 13.1. The number of nitrogens with one attached hydrogen (secondary N) is 1. The third kappa shape index (κ3) is 2.07. The van der Waals surface area contributed by atoms with Crippen LogP contribution in [0, 0.1) is 0 Å². The van der Waals surface area contributed by atoms with E-state index >= 15 is 0 Å². The van der Waals surface area contributed by atoms with Crippen molar-refractivity contribution in [1.29, 1.82) is 0 Å². The van der Waals surface area contributed by atoms with Crippen LogP contribution in [0.2, 0.25) is 0 Å². The maximum Gasteiger partial charge on any atom is 0.0487 e. The van der Waals surface area contributed by atoms with E-state index in [2.05, 4.69) is 57.0 Å². The molecule has 18 heavy (non-hydrogen) atoms. The van der Waals surface area contributed by atoms with Gasteiger partial charge in [0.05, 0.1) is 0 Å². The summed E-state index contributed by atoms with van der Waals surface area (Å²) in [5.41, 5.74) is 4.03. The predicted molar refractivity (Wildman–Crippen MR) is 78.1 cm³/mol. The number of hydrogen-bond acceptors (Lipinski definition) is 2. The average molecular weight is 256 g/mol. The van der Waals surface area contributed by atoms with E-state index in [1.54, 1.807) is 11.3 Å². The monoisotopic (exact) mass is 256 g/mol. The predicted octanol–water partition coefficient (Wildman–Crippen LogP) is 3.47. The highest BCUT2D eigenvalue weighted by molar-refractivity contribution is 7.07. The molecule has 92 valence electrons. The van der Waals surface area contributed by atoms with Gasteiger partial charge in [-0.25, -0.2) is 0 Å². The van der Waals surface area contributed by atoms with Crippen molar-refractivity contribution in [1.82, 2.24) is 9.88 Å². The molecule has 0 amide bonds. The van der Waals surface area contributed by atoms with Crippen molar-refractivity contribution in [3.63, 3.8) is 0 Å². The van der Waals surface area contributed by atoms with Crippen molar-refractivity contribution in [2.75, 3.05) is 7.05 Å². The van der Waals surface area contributed by atoms with Crippen molar-refractivity contribution < 1.29 is 0 Å². The highest BCUT2D eigenvalue weighted by atomic mass is 32.1. The molecule has 1 aromatic carbocycles. The van der Waals surface area contributed by atoms with Crippen LogP contribution >= 0.6 is 11.3 Å². The topological polar surface area (TPSA) is 17.0 Å². The van der Waals surface area contributed by atoms with Crippen LogP contribution in [-0.2, 0) is 13.1 Å². The summed E-state index contributed by atoms with van der Waals surface area (Å²) >= 11 is 1.76. The fourth-order valence-electron chi connectivity index (χ4n) is 2.35. The molecule has 1 N–H and O–H groups in total. The van der Waals surface area contributed by atoms with Gasteiger partial charge in [0.1, 0.15) is 0 Å². The van der Waals surface area contributed by atoms with Gasteiger partial charge in [-0.1, -0.05) is 18.2 Å². The summed E-state index contributed by atoms with van der Waals surface area (Å²) in [4.78, 5) is 0. The number of para-hydroxylation sites is 1. The van der Waals surface area contributed by atoms with Crippen LogP contribution in [0.15, 0.2) is 47.2 Å². The Bertz CT molecular complexity index is 638. The highest BCUT2D eigenvalue weighted by Crippen LogP contribution is 2.21. The van der Waals surface area contributed by atoms with Gasteiger partial charge in [0.15, 0.2) is 0 Å². The lowest BCUT2D eigenvalue weighted by atomic mass is 10.2. The molecule has 2 heterocycles. The second-order valence-electron chi connectivity index (χ2n) is 4.44. The number of aromatic nitrogens is 1. The van der Waals surface area contributed by atoms with Gasteiger partial charge in [0, 0.05) is 24.3 Å². The van der Waals surface area contributed by atoms with Crippen molar-refractivity contribution in [3.05, 3.63) is 58.4 Å². The zero-order valence-electron chi connectivity index (χ0n) is 10.4. The summed E-state index contributed by atoms with van der Waals surface area (Å²) < 4.78 is 2.40. The van der Waals surface area contributed by atoms with Gasteiger partial charge < -0.3 is 9.88 Å². The lowest BCUT2D eigenvalue weighted by Gasteiger charge is -2.09. The fourth-order valence-corrected chi connectivity index (χ4v) is 3.01. The smallest absolute Gasteiger partial charge is 0.0487 e. The molecule has 0 fully saturated rings. The Kier molecular flexibility index (Phi) is 3.17. The minimum Gasteiger partial charge on any atom is -0.339 e. The molecule has 0 saturated carbocycles. The number of benzene rings is 1. The molecule has 0 aliphatic carbocycles. The van der Waals surface area contributed by atoms with E-state index in [1.165, 1.54) is 22.2 Å². The van der Waals surface area contributed by atoms with E-state index < -0.39 is 0 Å². The third-order valence-electron chi connectivity index (χ3n) is 3.18. The largest absolute Gasteiger partial charge is 0.339 e. The Morgan fingerprint density at radius 1 is 1.22 bits per heavy atom. The van der Waals surface area contributed by atoms with Gasteiger partial charge in [-0.05, 0) is 47.0 Å². The summed E-state index contributed by atoms with van der Waals surface area (Å²) in [6.07, 6.45) is 0. The second kappa shape index (κ2) is 4.96. The minimum atomic E-state index is 0.902. The van der Waals surface area contributed by atoms with Crippen molar-refractivity contribution >= 4 is 22.2 Å². The van der Waals surface area contributed by atoms with E-state index in [-0.39, 0.29) is 0 Å². The second-order valence-corrected chi connectivity index (χ2v) is 5.22. The lowest BCUT2D eigenvalue weighted by molar-refractivity contribution is 0.710. The van der Waals surface area contributed by atoms with Gasteiger partial charge in [-0.15, -0.1) is 0 Å². The quantitative estimate of drug-likeness (QED) is 0.756. The molecule has 2 nitrogen and oxygen atoms in total. The van der Waals surface area contributed by atoms with Gasteiger partial charge in [-0.2, -0.15) is 11.3 Å². The number of hydrogen-bond donors (Lipinski definition) is 1. The van der Waals surface area contributed by atoms with Crippen LogP contribution in [0.25, 0.3) is 10.9 Å². The Labute approximate surface area is 111 Å². The highest BCUT2D eigenvalue weighted by Gasteiger charge is 2.08. The number of rotatable bonds is 4. The zero-order valence-corrected chi connectivity index (χ0v) is 11.2. The molecule has 0 atom stereocenters. The molecule has 0 bridgehead atoms. The molecule has 0 aliphatic heterocycles. The standard InChI is InChI=1S/C15H16N2S/c1-16-9-14-8-13-4-2-3-5-15(13)17(14)10-12-6-7-18-11-12/h2-8,11,16H,9-10H2,1H3. The van der Waals surface area contributed by atoms with E-state index in [9.17, 15) is 0 Å². The summed E-state index contributed by atoms with van der Waals surface area (Å²) in [7, 11) is 1.99. The molecular formula is C15H16N2S. The zero-order chi connectivity index (χ0) is 12.4. The van der Waals surface area contributed by atoms with Crippen LogP contribution in [0.3, 0.4) is 0 Å². The fraction of sp³-hybridized carbons (Fsp3) is 0.200. The van der Waals surface area contributed by atoms with E-state index in [1.807, 2.05) is 7.05 Å². The van der Waals surface area contributed by atoms with Crippen molar-refractivity contribution in [3.8, 4) is 0 Å². The average Bonchev–Trinajstić information content (AvgIpc) is 3.00. The van der Waals surface area contributed by atoms with Crippen LogP contribution in [-0.4, -0.2) is 11.6 Å². The third-order valence-corrected chi connectivity index (χ3v) is 3.91. The summed E-state index contributed by atoms with van der Waals surface area (Å²) in [5.74, 6) is 0. The van der Waals surface area contributed by atoms with Crippen molar-refractivity contribution in [2.45, 2.75) is 13.1 Å². The lowest BCUT2D eigenvalue weighted by Crippen LogP contribution is -2.11. The molecule has 0 saturated heterocycles. The normalized spacial score (nSPS) is 11.2. The molecule has 0 radical (unpaired) electrons. The van der Waals surface area contributed by atoms with E-state index in [0.717, 1.165) is 13.1 Å². The SMILES string of the molecule is CNCc1cc2ccccc2n1Cc1ccsc1. The van der Waals surface area contributed by atoms with E-state index in [0.29, 0.717) is 0 Å². The number of thiophene rings is 1. The number of fused-ring (bicyclic) bond motifs is 1. The van der Waals surface area contributed by atoms with Crippen LogP contribution in [0.4, 0.5) is 0 Å². The molecule has 0 spiro atoms. The Morgan fingerprint density at radius 3 is 2.89 bits per heavy atom. The van der Waals surface area contributed by atoms with Gasteiger partial charge in [0.25, 0.3) is 0 Å². The number of nitrogens with zero attached hydrogens (tertiary/aromatic N) is 1. The molecule has 3 heteroatoms. The van der Waals surface area contributed by atoms with Gasteiger partial charge in [0.2, 0.25) is 0 Å². The first-order valence-electron chi connectivity index (χ1n) is 6.11. The molecule has 3 rings (SSSR count). The molecule has 3 aromatic rings. The first-order chi connectivity index (χ1) is 8.88. The molecule has 0 unspecified atom stereocenters. The Balaban J connectivity index is 2.09. The first kappa shape index (κ1) is 11.5. The van der Waals surface area contributed by atoms with Gasteiger partial charge in [-0.3, -0.25) is 0 Å². The van der Waals surface area contributed by atoms with Crippen LogP contribution in [0.1, 0.15) is 11.3 Å². The molecule has 2 aromatic heterocycles. The Morgan fingerprint density at radius 2 is 2.11 bits per heavy atom. The summed E-state index contributed by atoms with van der Waals surface area (Å²) in [6.45, 7) is 1.85.